The first-order valence-corrected chi connectivity index (χ1v) is 8.23. The molecule has 0 aromatic heterocycles. The second-order valence-electron chi connectivity index (χ2n) is 7.04. The number of aliphatic hydroxyl groups is 1. The number of hydrogen-bond donors (Lipinski definition) is 3. The van der Waals surface area contributed by atoms with Crippen LogP contribution in [0.5, 0.6) is 23.0 Å². The van der Waals surface area contributed by atoms with Crippen molar-refractivity contribution in [3.63, 3.8) is 0 Å². The Morgan fingerprint density at radius 1 is 1.04 bits per heavy atom. The van der Waals surface area contributed by atoms with E-state index in [0.29, 0.717) is 28.2 Å². The van der Waals surface area contributed by atoms with Crippen molar-refractivity contribution >= 4 is 6.08 Å². The van der Waals surface area contributed by atoms with Gasteiger partial charge in [-0.1, -0.05) is 6.07 Å². The molecule has 25 heavy (non-hydrogen) atoms. The Morgan fingerprint density at radius 2 is 1.80 bits per heavy atom. The molecule has 0 spiro atoms. The van der Waals surface area contributed by atoms with Crippen LogP contribution in [0.15, 0.2) is 36.4 Å². The molecule has 0 radical (unpaired) electrons. The maximum Gasteiger partial charge on any atom is 0.131 e. The topological polar surface area (TPSA) is 79.2 Å². The third-order valence-electron chi connectivity index (χ3n) is 4.75. The highest BCUT2D eigenvalue weighted by molar-refractivity contribution is 5.69. The minimum Gasteiger partial charge on any atom is -0.508 e. The first-order chi connectivity index (χ1) is 11.9. The van der Waals surface area contributed by atoms with Gasteiger partial charge in [0.25, 0.3) is 0 Å². The van der Waals surface area contributed by atoms with Crippen molar-refractivity contribution in [2.75, 3.05) is 6.61 Å². The van der Waals surface area contributed by atoms with Gasteiger partial charge in [0.05, 0.1) is 24.2 Å². The number of phenolic OH excluding ortho intramolecular Hbond substituents is 2. The third-order valence-corrected chi connectivity index (χ3v) is 4.75. The highest BCUT2D eigenvalue weighted by Crippen LogP contribution is 2.47. The Morgan fingerprint density at radius 3 is 2.60 bits per heavy atom. The van der Waals surface area contributed by atoms with Gasteiger partial charge in [-0.15, -0.1) is 0 Å². The summed E-state index contributed by atoms with van der Waals surface area (Å²) in [6.07, 6.45) is 2.91. The lowest BCUT2D eigenvalue weighted by molar-refractivity contribution is 0.0873. The Balaban J connectivity index is 1.73. The largest absolute Gasteiger partial charge is 0.508 e. The number of benzene rings is 2. The molecule has 2 aliphatic heterocycles. The molecule has 5 heteroatoms. The summed E-state index contributed by atoms with van der Waals surface area (Å²) in [6, 6.07) is 8.22. The molecule has 0 fully saturated rings. The fourth-order valence-corrected chi connectivity index (χ4v) is 3.40. The molecule has 2 unspecified atom stereocenters. The maximum atomic E-state index is 10.8. The molecule has 0 saturated carbocycles. The summed E-state index contributed by atoms with van der Waals surface area (Å²) in [4.78, 5) is 0. The van der Waals surface area contributed by atoms with Gasteiger partial charge in [-0.2, -0.15) is 0 Å². The van der Waals surface area contributed by atoms with E-state index in [1.165, 1.54) is 12.1 Å². The van der Waals surface area contributed by atoms with Gasteiger partial charge < -0.3 is 24.8 Å². The first kappa shape index (κ1) is 15.8. The zero-order valence-electron chi connectivity index (χ0n) is 14.1. The van der Waals surface area contributed by atoms with Crippen molar-refractivity contribution in [2.45, 2.75) is 31.5 Å². The standard InChI is InChI=1S/C20H20O5/c1-20(2)8-7-14-16(25-20)6-5-12(18(14)22)15-10-24-17-9-11(21)3-4-13(17)19(15)23/h3-9,15,19,21-23H,10H2,1-2H3. The first-order valence-electron chi connectivity index (χ1n) is 8.23. The molecule has 2 atom stereocenters. The van der Waals surface area contributed by atoms with Crippen LogP contribution < -0.4 is 9.47 Å². The van der Waals surface area contributed by atoms with Crippen LogP contribution in [0.3, 0.4) is 0 Å². The highest BCUT2D eigenvalue weighted by atomic mass is 16.5. The molecule has 5 nitrogen and oxygen atoms in total. The summed E-state index contributed by atoms with van der Waals surface area (Å²) in [5.74, 6) is 0.854. The molecule has 2 aromatic rings. The number of aromatic hydroxyl groups is 2. The van der Waals surface area contributed by atoms with E-state index < -0.39 is 17.6 Å². The fourth-order valence-electron chi connectivity index (χ4n) is 3.40. The number of rotatable bonds is 1. The molecule has 0 amide bonds. The fraction of sp³-hybridized carbons (Fsp3) is 0.300. The Labute approximate surface area is 145 Å². The van der Waals surface area contributed by atoms with Gasteiger partial charge in [0.15, 0.2) is 0 Å². The normalized spacial score (nSPS) is 23.2. The lowest BCUT2D eigenvalue weighted by atomic mass is 9.85. The summed E-state index contributed by atoms with van der Waals surface area (Å²) < 4.78 is 11.6. The Bertz CT molecular complexity index is 869. The van der Waals surface area contributed by atoms with Crippen molar-refractivity contribution in [3.8, 4) is 23.0 Å². The van der Waals surface area contributed by atoms with Gasteiger partial charge in [0.2, 0.25) is 0 Å². The van der Waals surface area contributed by atoms with Crippen molar-refractivity contribution in [1.29, 1.82) is 0 Å². The number of aliphatic hydroxyl groups excluding tert-OH is 1. The molecular weight excluding hydrogens is 320 g/mol. The molecular formula is C20H20O5. The zero-order chi connectivity index (χ0) is 17.8. The smallest absolute Gasteiger partial charge is 0.131 e. The molecule has 130 valence electrons. The molecule has 2 aromatic carbocycles. The van der Waals surface area contributed by atoms with Crippen LogP contribution in [0.2, 0.25) is 0 Å². The quantitative estimate of drug-likeness (QED) is 0.740. The summed E-state index contributed by atoms with van der Waals surface area (Å²) in [7, 11) is 0. The van der Waals surface area contributed by atoms with Crippen molar-refractivity contribution in [2.24, 2.45) is 0 Å². The van der Waals surface area contributed by atoms with Gasteiger partial charge in [-0.05, 0) is 44.2 Å². The predicted molar refractivity (Wildman–Crippen MR) is 93.2 cm³/mol. The van der Waals surface area contributed by atoms with Crippen LogP contribution in [0, 0.1) is 0 Å². The monoisotopic (exact) mass is 340 g/mol. The van der Waals surface area contributed by atoms with Crippen LogP contribution in [0.1, 0.15) is 42.6 Å². The summed E-state index contributed by atoms with van der Waals surface area (Å²) in [5, 5.41) is 31.0. The molecule has 0 aliphatic carbocycles. The molecule has 0 saturated heterocycles. The molecule has 2 heterocycles. The summed E-state index contributed by atoms with van der Waals surface area (Å²) >= 11 is 0. The molecule has 0 bridgehead atoms. The van der Waals surface area contributed by atoms with Gasteiger partial charge >= 0.3 is 0 Å². The number of phenols is 2. The Kier molecular flexibility index (Phi) is 3.44. The number of hydrogen-bond acceptors (Lipinski definition) is 5. The number of ether oxygens (including phenoxy) is 2. The van der Waals surface area contributed by atoms with E-state index in [2.05, 4.69) is 0 Å². The van der Waals surface area contributed by atoms with Crippen LogP contribution >= 0.6 is 0 Å². The van der Waals surface area contributed by atoms with Gasteiger partial charge in [0.1, 0.15) is 28.6 Å². The van der Waals surface area contributed by atoms with E-state index in [1.54, 1.807) is 12.1 Å². The minimum atomic E-state index is -0.835. The maximum absolute atomic E-state index is 10.8. The zero-order valence-corrected chi connectivity index (χ0v) is 14.1. The molecule has 4 rings (SSSR count). The van der Waals surface area contributed by atoms with Crippen LogP contribution in [0.4, 0.5) is 0 Å². The molecule has 2 aliphatic rings. The summed E-state index contributed by atoms with van der Waals surface area (Å²) in [5.41, 5.74) is 1.40. The van der Waals surface area contributed by atoms with Crippen LogP contribution in [-0.2, 0) is 0 Å². The van der Waals surface area contributed by atoms with Crippen molar-refractivity contribution in [1.82, 2.24) is 0 Å². The third kappa shape index (κ3) is 2.61. The minimum absolute atomic E-state index is 0.0888. The van der Waals surface area contributed by atoms with E-state index in [1.807, 2.05) is 32.1 Å². The van der Waals surface area contributed by atoms with Crippen molar-refractivity contribution < 1.29 is 24.8 Å². The highest BCUT2D eigenvalue weighted by Gasteiger charge is 2.34. The van der Waals surface area contributed by atoms with E-state index in [9.17, 15) is 15.3 Å². The number of fused-ring (bicyclic) bond motifs is 2. The molecule has 3 N–H and O–H groups in total. The van der Waals surface area contributed by atoms with Gasteiger partial charge in [-0.3, -0.25) is 0 Å². The van der Waals surface area contributed by atoms with Gasteiger partial charge in [0, 0.05) is 17.2 Å². The van der Waals surface area contributed by atoms with Crippen LogP contribution in [-0.4, -0.2) is 27.5 Å². The van der Waals surface area contributed by atoms with E-state index in [0.717, 1.165) is 0 Å². The second kappa shape index (κ2) is 5.43. The van der Waals surface area contributed by atoms with Crippen LogP contribution in [0.25, 0.3) is 6.08 Å². The van der Waals surface area contributed by atoms with E-state index in [4.69, 9.17) is 9.47 Å². The lowest BCUT2D eigenvalue weighted by Gasteiger charge is -2.33. The predicted octanol–water partition coefficient (Wildman–Crippen LogP) is 3.49. The average molecular weight is 340 g/mol. The lowest BCUT2D eigenvalue weighted by Crippen LogP contribution is -2.28. The SMILES string of the molecule is CC1(C)C=Cc2c(ccc(C3COc4cc(O)ccc4C3O)c2O)O1. The second-order valence-corrected chi connectivity index (χ2v) is 7.04. The summed E-state index contributed by atoms with van der Waals surface area (Å²) in [6.45, 7) is 4.10. The van der Waals surface area contributed by atoms with Gasteiger partial charge in [-0.25, -0.2) is 0 Å². The van der Waals surface area contributed by atoms with E-state index >= 15 is 0 Å². The average Bonchev–Trinajstić information content (AvgIpc) is 2.55. The Hall–Kier alpha value is -2.66. The van der Waals surface area contributed by atoms with Crippen molar-refractivity contribution in [3.05, 3.63) is 53.1 Å². The van der Waals surface area contributed by atoms with E-state index in [-0.39, 0.29) is 18.1 Å².